The second-order valence-electron chi connectivity index (χ2n) is 5.86. The fraction of sp³-hybridized carbons (Fsp3) is 0.412. The first-order valence-electron chi connectivity index (χ1n) is 8.31. The molecular weight excluding hydrogens is 590 g/mol. The predicted octanol–water partition coefficient (Wildman–Crippen LogP) is 2.50. The van der Waals surface area contributed by atoms with Gasteiger partial charge < -0.3 is 16.0 Å². The van der Waals surface area contributed by atoms with Gasteiger partial charge in [0.1, 0.15) is 0 Å². The Hall–Kier alpha value is -0.402. The van der Waals surface area contributed by atoms with Crippen LogP contribution in [-0.4, -0.2) is 48.7 Å². The third-order valence-electron chi connectivity index (χ3n) is 3.77. The van der Waals surface area contributed by atoms with Crippen molar-refractivity contribution in [1.29, 1.82) is 0 Å². The van der Waals surface area contributed by atoms with Crippen LogP contribution in [0.1, 0.15) is 6.42 Å². The zero-order valence-electron chi connectivity index (χ0n) is 15.3. The topological polar surface area (TPSA) is 87.5 Å². The van der Waals surface area contributed by atoms with Crippen LogP contribution in [0.5, 0.6) is 0 Å². The molecule has 2 aromatic rings. The average molecular weight is 616 g/mol. The molecule has 2 rings (SSSR count). The predicted molar refractivity (Wildman–Crippen MR) is 112 cm³/mol. The fourth-order valence-electron chi connectivity index (χ4n) is 2.61. The molecule has 27 heavy (non-hydrogen) atoms. The molecule has 0 aromatic heterocycles. The molecule has 0 heterocycles. The number of halogens is 2. The average Bonchev–Trinajstić information content (AvgIpc) is 2.64. The van der Waals surface area contributed by atoms with Gasteiger partial charge in [0.25, 0.3) is 0 Å². The van der Waals surface area contributed by atoms with Crippen molar-refractivity contribution in [3.63, 3.8) is 0 Å². The Labute approximate surface area is 178 Å². The van der Waals surface area contributed by atoms with Crippen LogP contribution in [0.25, 0.3) is 10.8 Å². The summed E-state index contributed by atoms with van der Waals surface area (Å²) in [6.45, 7) is 2.45. The number of benzene rings is 2. The van der Waals surface area contributed by atoms with Crippen molar-refractivity contribution in [3.8, 4) is 0 Å². The molecule has 10 heteroatoms. The van der Waals surface area contributed by atoms with Gasteiger partial charge in [-0.05, 0) is 25.1 Å². The van der Waals surface area contributed by atoms with E-state index < -0.39 is 26.5 Å². The minimum atomic E-state index is -3.54. The van der Waals surface area contributed by atoms with E-state index in [2.05, 4.69) is 10.0 Å². The number of hydrogen-bond acceptors (Lipinski definition) is 5. The van der Waals surface area contributed by atoms with Crippen molar-refractivity contribution in [2.75, 3.05) is 45.2 Å². The number of nitrogens with one attached hydrogen (secondary N) is 2. The molecule has 0 aliphatic carbocycles. The van der Waals surface area contributed by atoms with Crippen molar-refractivity contribution >= 4 is 45.3 Å². The van der Waals surface area contributed by atoms with Crippen molar-refractivity contribution in [3.05, 3.63) is 36.4 Å². The van der Waals surface area contributed by atoms with Crippen LogP contribution in [0.2, 0.25) is 0 Å². The monoisotopic (exact) mass is 615 g/mol. The Morgan fingerprint density at radius 2 is 1.67 bits per heavy atom. The van der Waals surface area contributed by atoms with Crippen LogP contribution < -0.4 is 20.7 Å². The summed E-state index contributed by atoms with van der Waals surface area (Å²) in [4.78, 5) is 2.30. The zero-order valence-corrected chi connectivity index (χ0v) is 19.9. The Morgan fingerprint density at radius 1 is 1.04 bits per heavy atom. The van der Waals surface area contributed by atoms with Crippen molar-refractivity contribution < 1.29 is 24.9 Å². The van der Waals surface area contributed by atoms with Gasteiger partial charge in [0.2, 0.25) is 10.0 Å². The Kier molecular flexibility index (Phi) is 11.8. The summed E-state index contributed by atoms with van der Waals surface area (Å²) >= 11 is -0.472. The van der Waals surface area contributed by atoms with Crippen LogP contribution in [0.3, 0.4) is 0 Å². The summed E-state index contributed by atoms with van der Waals surface area (Å²) < 4.78 is 28.0. The molecule has 156 valence electrons. The SMILES string of the molecule is CN(C)c1cccc2c(S(=O)(=O)NCCCNCCN)cccc12.[Cl][Pt][Cl]. The van der Waals surface area contributed by atoms with E-state index in [1.54, 1.807) is 12.1 Å². The molecule has 2 aromatic carbocycles. The van der Waals surface area contributed by atoms with Crippen LogP contribution in [0, 0.1) is 0 Å². The van der Waals surface area contributed by atoms with Gasteiger partial charge in [-0.25, -0.2) is 13.1 Å². The number of nitrogens with two attached hydrogens (primary N) is 1. The summed E-state index contributed by atoms with van der Waals surface area (Å²) in [5, 5.41) is 4.80. The number of nitrogens with zero attached hydrogens (tertiary/aromatic N) is 1. The molecule has 0 spiro atoms. The number of anilines is 1. The molecular formula is C17H26Cl2N4O2PtS. The van der Waals surface area contributed by atoms with E-state index in [0.717, 1.165) is 29.5 Å². The second kappa shape index (κ2) is 12.9. The van der Waals surface area contributed by atoms with Gasteiger partial charge in [0, 0.05) is 50.2 Å². The maximum atomic E-state index is 12.7. The Balaban J connectivity index is 0.00000114. The summed E-state index contributed by atoms with van der Waals surface area (Å²) in [7, 11) is 10.1. The van der Waals surface area contributed by atoms with E-state index in [-0.39, 0.29) is 0 Å². The summed E-state index contributed by atoms with van der Waals surface area (Å²) in [5.74, 6) is 0. The molecule has 0 amide bonds. The summed E-state index contributed by atoms with van der Waals surface area (Å²) in [5.41, 5.74) is 6.39. The molecule has 0 aliphatic heterocycles. The van der Waals surface area contributed by atoms with E-state index in [4.69, 9.17) is 24.6 Å². The van der Waals surface area contributed by atoms with E-state index in [1.165, 1.54) is 0 Å². The number of fused-ring (bicyclic) bond motifs is 1. The Bertz CT molecular complexity index is 807. The molecule has 4 N–H and O–H groups in total. The third kappa shape index (κ3) is 7.86. The van der Waals surface area contributed by atoms with Gasteiger partial charge in [-0.2, -0.15) is 0 Å². The standard InChI is InChI=1S/C17H26N4O2S.2ClH.Pt/c1-21(2)16-8-3-7-15-14(16)6-4-9-17(15)24(22,23)20-12-5-11-19-13-10-18;;;/h3-4,6-9,19-20H,5,10-13,18H2,1-2H3;2*1H;/q;;;+2/p-2. The molecule has 0 aliphatic rings. The van der Waals surface area contributed by atoms with Crippen molar-refractivity contribution in [2.24, 2.45) is 5.73 Å². The van der Waals surface area contributed by atoms with Gasteiger partial charge >= 0.3 is 35.3 Å². The number of sulfonamides is 1. The molecule has 6 nitrogen and oxygen atoms in total. The first kappa shape index (κ1) is 24.6. The van der Waals surface area contributed by atoms with E-state index in [1.807, 2.05) is 43.3 Å². The van der Waals surface area contributed by atoms with Crippen LogP contribution in [0.4, 0.5) is 5.69 Å². The minimum absolute atomic E-state index is 0.318. The van der Waals surface area contributed by atoms with Crippen molar-refractivity contribution in [2.45, 2.75) is 11.3 Å². The third-order valence-corrected chi connectivity index (χ3v) is 5.29. The molecule has 0 bridgehead atoms. The fourth-order valence-corrected chi connectivity index (χ4v) is 3.91. The first-order valence-corrected chi connectivity index (χ1v) is 15.4. The molecule has 0 saturated carbocycles. The number of hydrogen-bond donors (Lipinski definition) is 3. The first-order chi connectivity index (χ1) is 12.9. The molecule has 0 saturated heterocycles. The number of rotatable bonds is 9. The van der Waals surface area contributed by atoms with E-state index >= 15 is 0 Å². The maximum absolute atomic E-state index is 12.7. The van der Waals surface area contributed by atoms with Gasteiger partial charge in [-0.3, -0.25) is 0 Å². The van der Waals surface area contributed by atoms with Gasteiger partial charge in [-0.15, -0.1) is 0 Å². The molecule has 0 atom stereocenters. The summed E-state index contributed by atoms with van der Waals surface area (Å²) in [6, 6.07) is 11.1. The molecule has 0 fully saturated rings. The zero-order chi connectivity index (χ0) is 20.3. The van der Waals surface area contributed by atoms with E-state index in [9.17, 15) is 8.42 Å². The molecule has 0 radical (unpaired) electrons. The quantitative estimate of drug-likeness (QED) is 0.378. The van der Waals surface area contributed by atoms with Gasteiger partial charge in [0.05, 0.1) is 4.90 Å². The van der Waals surface area contributed by atoms with Crippen LogP contribution in [0.15, 0.2) is 41.3 Å². The van der Waals surface area contributed by atoms with Gasteiger partial charge in [-0.1, -0.05) is 24.3 Å². The van der Waals surface area contributed by atoms with E-state index in [0.29, 0.717) is 24.4 Å². The second-order valence-corrected chi connectivity index (χ2v) is 10.9. The summed E-state index contributed by atoms with van der Waals surface area (Å²) in [6.07, 6.45) is 0.715. The van der Waals surface area contributed by atoms with Crippen molar-refractivity contribution in [1.82, 2.24) is 10.0 Å². The van der Waals surface area contributed by atoms with Crippen LogP contribution >= 0.6 is 18.8 Å². The Morgan fingerprint density at radius 3 is 2.30 bits per heavy atom. The molecule has 0 unspecified atom stereocenters. The van der Waals surface area contributed by atoms with Gasteiger partial charge in [0.15, 0.2) is 0 Å². The normalized spacial score (nSPS) is 11.3. The van der Waals surface area contributed by atoms with Crippen LogP contribution in [-0.2, 0) is 26.5 Å².